The Bertz CT molecular complexity index is 1320. The molecule has 0 aliphatic carbocycles. The number of ether oxygens (including phenoxy) is 2. The molecule has 0 unspecified atom stereocenters. The summed E-state index contributed by atoms with van der Waals surface area (Å²) in [6.45, 7) is 1.44. The Morgan fingerprint density at radius 2 is 1.82 bits per heavy atom. The van der Waals surface area contributed by atoms with Gasteiger partial charge in [0, 0.05) is 16.0 Å². The van der Waals surface area contributed by atoms with E-state index in [0.717, 1.165) is 27.1 Å². The van der Waals surface area contributed by atoms with E-state index in [0.29, 0.717) is 17.2 Å². The predicted octanol–water partition coefficient (Wildman–Crippen LogP) is 5.99. The highest BCUT2D eigenvalue weighted by Crippen LogP contribution is 2.31. The van der Waals surface area contributed by atoms with Crippen LogP contribution in [0.4, 0.5) is 13.2 Å². The first-order chi connectivity index (χ1) is 16.2. The number of hydrogen-bond donors (Lipinski definition) is 1. The van der Waals surface area contributed by atoms with Crippen LogP contribution in [0.3, 0.4) is 0 Å². The molecule has 6 nitrogen and oxygen atoms in total. The molecule has 4 rings (SSSR count). The first kappa shape index (κ1) is 23.5. The van der Waals surface area contributed by atoms with Gasteiger partial charge in [-0.15, -0.1) is 24.9 Å². The van der Waals surface area contributed by atoms with E-state index in [2.05, 4.69) is 4.74 Å². The third-order valence-corrected chi connectivity index (χ3v) is 5.86. The van der Waals surface area contributed by atoms with Crippen LogP contribution >= 0.6 is 11.8 Å². The molecular weight excluding hydrogens is 469 g/mol. The molecule has 0 saturated carbocycles. The molecule has 1 heterocycles. The normalized spacial score (nSPS) is 11.5. The van der Waals surface area contributed by atoms with Crippen LogP contribution in [0.5, 0.6) is 11.5 Å². The number of carboxylic acid groups (broad SMARTS) is 1. The van der Waals surface area contributed by atoms with Gasteiger partial charge in [0.15, 0.2) is 6.61 Å². The Hall–Kier alpha value is -3.66. The zero-order valence-corrected chi connectivity index (χ0v) is 18.7. The van der Waals surface area contributed by atoms with Crippen LogP contribution in [-0.4, -0.2) is 33.8 Å². The number of aryl methyl sites for hydroxylation is 1. The number of nitrogens with zero attached hydrogens (tertiary/aromatic N) is 2. The van der Waals surface area contributed by atoms with Crippen LogP contribution in [0.2, 0.25) is 0 Å². The van der Waals surface area contributed by atoms with Crippen molar-refractivity contribution < 1.29 is 32.5 Å². The molecule has 0 atom stereocenters. The van der Waals surface area contributed by atoms with Crippen LogP contribution < -0.4 is 9.47 Å². The molecule has 0 bridgehead atoms. The van der Waals surface area contributed by atoms with Crippen LogP contribution in [0.25, 0.3) is 16.6 Å². The number of halogens is 3. The van der Waals surface area contributed by atoms with Crippen LogP contribution in [0.1, 0.15) is 11.3 Å². The number of thioether (sulfide) groups is 1. The van der Waals surface area contributed by atoms with Gasteiger partial charge in [-0.05, 0) is 61.0 Å². The van der Waals surface area contributed by atoms with Gasteiger partial charge in [-0.25, -0.2) is 9.48 Å². The minimum atomic E-state index is -4.75. The second-order valence-corrected chi connectivity index (χ2v) is 8.36. The number of alkyl halides is 3. The van der Waals surface area contributed by atoms with Gasteiger partial charge >= 0.3 is 12.3 Å². The van der Waals surface area contributed by atoms with Gasteiger partial charge in [-0.3, -0.25) is 0 Å². The van der Waals surface area contributed by atoms with Crippen molar-refractivity contribution in [1.29, 1.82) is 0 Å². The molecule has 0 aliphatic heterocycles. The fraction of sp³-hybridized carbons (Fsp3) is 0.167. The lowest BCUT2D eigenvalue weighted by Crippen LogP contribution is -2.17. The van der Waals surface area contributed by atoms with Crippen LogP contribution in [0.15, 0.2) is 71.6 Å². The van der Waals surface area contributed by atoms with E-state index in [1.165, 1.54) is 24.3 Å². The standard InChI is InChI=1S/C24H19F3N2O4S/c1-15-12-18(10-11-22(15)32-13-23(30)31)34-14-20-19-4-2-3-5-21(19)29(28-20)16-6-8-17(9-7-16)33-24(25,26)27/h2-12H,13-14H2,1H3,(H,30,31). The molecule has 0 aliphatic rings. The van der Waals surface area contributed by atoms with Crippen molar-refractivity contribution in [1.82, 2.24) is 9.78 Å². The fourth-order valence-electron chi connectivity index (χ4n) is 3.39. The maximum absolute atomic E-state index is 12.4. The summed E-state index contributed by atoms with van der Waals surface area (Å²) in [5.74, 6) is -0.269. The average Bonchev–Trinajstić information content (AvgIpc) is 3.15. The van der Waals surface area contributed by atoms with Crippen molar-refractivity contribution in [2.45, 2.75) is 23.9 Å². The first-order valence-electron chi connectivity index (χ1n) is 10.1. The number of aliphatic carboxylic acids is 1. The lowest BCUT2D eigenvalue weighted by molar-refractivity contribution is -0.274. The maximum atomic E-state index is 12.4. The molecule has 4 aromatic rings. The van der Waals surface area contributed by atoms with Crippen molar-refractivity contribution in [3.63, 3.8) is 0 Å². The molecule has 1 aromatic heterocycles. The number of fused-ring (bicyclic) bond motifs is 1. The van der Waals surface area contributed by atoms with Gasteiger partial charge in [-0.2, -0.15) is 5.10 Å². The molecule has 0 amide bonds. The lowest BCUT2D eigenvalue weighted by Gasteiger charge is -2.09. The molecule has 0 spiro atoms. The summed E-state index contributed by atoms with van der Waals surface area (Å²) in [6.07, 6.45) is -4.75. The van der Waals surface area contributed by atoms with E-state index in [9.17, 15) is 18.0 Å². The highest BCUT2D eigenvalue weighted by atomic mass is 32.2. The molecule has 3 aromatic carbocycles. The maximum Gasteiger partial charge on any atom is 0.573 e. The second kappa shape index (κ2) is 9.68. The van der Waals surface area contributed by atoms with Gasteiger partial charge in [0.25, 0.3) is 0 Å². The number of benzene rings is 3. The number of hydrogen-bond acceptors (Lipinski definition) is 5. The van der Waals surface area contributed by atoms with Gasteiger partial charge in [0.05, 0.1) is 16.9 Å². The van der Waals surface area contributed by atoms with E-state index in [-0.39, 0.29) is 5.75 Å². The zero-order valence-electron chi connectivity index (χ0n) is 17.9. The number of para-hydroxylation sites is 1. The summed E-state index contributed by atoms with van der Waals surface area (Å²) in [5.41, 5.74) is 3.08. The number of aromatic nitrogens is 2. The summed E-state index contributed by atoms with van der Waals surface area (Å²) in [4.78, 5) is 11.7. The second-order valence-electron chi connectivity index (χ2n) is 7.32. The lowest BCUT2D eigenvalue weighted by atomic mass is 10.2. The zero-order chi connectivity index (χ0) is 24.3. The van der Waals surface area contributed by atoms with E-state index in [1.54, 1.807) is 22.5 Å². The number of carbonyl (C=O) groups is 1. The molecule has 34 heavy (non-hydrogen) atoms. The molecule has 0 saturated heterocycles. The molecule has 1 N–H and O–H groups in total. The van der Waals surface area contributed by atoms with E-state index < -0.39 is 18.9 Å². The Balaban J connectivity index is 1.54. The molecule has 0 fully saturated rings. The Kier molecular flexibility index (Phi) is 6.69. The monoisotopic (exact) mass is 488 g/mol. The summed E-state index contributed by atoms with van der Waals surface area (Å²) in [7, 11) is 0. The largest absolute Gasteiger partial charge is 0.573 e. The summed E-state index contributed by atoms with van der Waals surface area (Å²) >= 11 is 1.56. The van der Waals surface area contributed by atoms with Gasteiger partial charge in [0.1, 0.15) is 11.5 Å². The van der Waals surface area contributed by atoms with Crippen LogP contribution in [-0.2, 0) is 10.5 Å². The predicted molar refractivity (Wildman–Crippen MR) is 122 cm³/mol. The number of rotatable bonds is 8. The van der Waals surface area contributed by atoms with Gasteiger partial charge < -0.3 is 14.6 Å². The average molecular weight is 488 g/mol. The van der Waals surface area contributed by atoms with Crippen molar-refractivity contribution >= 4 is 28.6 Å². The van der Waals surface area contributed by atoms with Crippen molar-refractivity contribution in [3.8, 4) is 17.2 Å². The molecule has 10 heteroatoms. The van der Waals surface area contributed by atoms with E-state index in [1.807, 2.05) is 43.3 Å². The highest BCUT2D eigenvalue weighted by Gasteiger charge is 2.31. The Labute approximate surface area is 196 Å². The fourth-order valence-corrected chi connectivity index (χ4v) is 4.33. The van der Waals surface area contributed by atoms with Gasteiger partial charge in [-0.1, -0.05) is 18.2 Å². The third kappa shape index (κ3) is 5.63. The smallest absolute Gasteiger partial charge is 0.482 e. The van der Waals surface area contributed by atoms with Crippen molar-refractivity contribution in [2.24, 2.45) is 0 Å². The van der Waals surface area contributed by atoms with Gasteiger partial charge in [0.2, 0.25) is 0 Å². The van der Waals surface area contributed by atoms with E-state index >= 15 is 0 Å². The minimum Gasteiger partial charge on any atom is -0.482 e. The third-order valence-electron chi connectivity index (χ3n) is 4.85. The van der Waals surface area contributed by atoms with E-state index in [4.69, 9.17) is 14.9 Å². The summed E-state index contributed by atoms with van der Waals surface area (Å²) in [6, 6.07) is 18.7. The molecule has 176 valence electrons. The summed E-state index contributed by atoms with van der Waals surface area (Å²) in [5, 5.41) is 14.4. The topological polar surface area (TPSA) is 73.6 Å². The quantitative estimate of drug-likeness (QED) is 0.307. The first-order valence-corrected chi connectivity index (χ1v) is 11.1. The Morgan fingerprint density at radius 3 is 2.50 bits per heavy atom. The number of carboxylic acids is 1. The van der Waals surface area contributed by atoms with Crippen LogP contribution in [0, 0.1) is 6.92 Å². The SMILES string of the molecule is Cc1cc(SCc2nn(-c3ccc(OC(F)(F)F)cc3)c3ccccc23)ccc1OCC(=O)O. The summed E-state index contributed by atoms with van der Waals surface area (Å²) < 4.78 is 48.2. The Morgan fingerprint density at radius 1 is 1.09 bits per heavy atom. The van der Waals surface area contributed by atoms with Crippen molar-refractivity contribution in [2.75, 3.05) is 6.61 Å². The van der Waals surface area contributed by atoms with Crippen molar-refractivity contribution in [3.05, 3.63) is 78.0 Å². The minimum absolute atomic E-state index is 0.297. The highest BCUT2D eigenvalue weighted by molar-refractivity contribution is 7.98. The molecule has 0 radical (unpaired) electrons. The molecular formula is C24H19F3N2O4S.